The van der Waals surface area contributed by atoms with Crippen molar-refractivity contribution in [3.05, 3.63) is 47.2 Å². The third-order valence-corrected chi connectivity index (χ3v) is 4.87. The number of halogens is 3. The topological polar surface area (TPSA) is 98.5 Å². The van der Waals surface area contributed by atoms with E-state index in [1.54, 1.807) is 29.3 Å². The lowest BCUT2D eigenvalue weighted by molar-refractivity contribution is -0.118. The highest BCUT2D eigenvalue weighted by Gasteiger charge is 2.37. The Morgan fingerprint density at radius 2 is 2.11 bits per heavy atom. The number of carbonyl (C=O) groups excluding carboxylic acids is 1. The van der Waals surface area contributed by atoms with Gasteiger partial charge in [0.25, 0.3) is 0 Å². The van der Waals surface area contributed by atoms with Gasteiger partial charge in [-0.2, -0.15) is 13.2 Å². The van der Waals surface area contributed by atoms with E-state index in [2.05, 4.69) is 20.6 Å². The minimum absolute atomic E-state index is 0.0412. The van der Waals surface area contributed by atoms with Gasteiger partial charge in [0.2, 0.25) is 5.91 Å². The molecule has 10 heteroatoms. The molecule has 5 N–H and O–H groups in total. The van der Waals surface area contributed by atoms with E-state index in [-0.39, 0.29) is 11.7 Å². The molecule has 2 aliphatic heterocycles. The summed E-state index contributed by atoms with van der Waals surface area (Å²) in [6.07, 6.45) is -2.14. The smallest absolute Gasteiger partial charge is 0.348 e. The summed E-state index contributed by atoms with van der Waals surface area (Å²) in [5.41, 5.74) is 9.36. The van der Waals surface area contributed by atoms with E-state index in [0.29, 0.717) is 29.9 Å². The number of H-pyrrole nitrogens is 1. The fraction of sp³-hybridized carbons (Fsp3) is 0.333. The highest BCUT2D eigenvalue weighted by Crippen LogP contribution is 2.33. The Bertz CT molecular complexity index is 966. The zero-order valence-electron chi connectivity index (χ0n) is 15.0. The van der Waals surface area contributed by atoms with Crippen molar-refractivity contribution in [2.75, 3.05) is 23.3 Å². The summed E-state index contributed by atoms with van der Waals surface area (Å²) in [6.45, 7) is 0.785. The number of rotatable bonds is 2. The van der Waals surface area contributed by atoms with Crippen LogP contribution in [0.25, 0.3) is 0 Å². The van der Waals surface area contributed by atoms with Gasteiger partial charge in [0.05, 0.1) is 5.56 Å². The molecule has 3 heterocycles. The van der Waals surface area contributed by atoms with E-state index in [4.69, 9.17) is 5.73 Å². The van der Waals surface area contributed by atoms with E-state index >= 15 is 0 Å². The number of nitrogens with two attached hydrogens (primary N) is 1. The molecule has 0 fully saturated rings. The Kier molecular flexibility index (Phi) is 4.11. The summed E-state index contributed by atoms with van der Waals surface area (Å²) in [5.74, 6) is -0.866. The zero-order chi connectivity index (χ0) is 20.1. The summed E-state index contributed by atoms with van der Waals surface area (Å²) in [4.78, 5) is 20.0. The van der Waals surface area contributed by atoms with Crippen LogP contribution in [-0.2, 0) is 17.0 Å². The first-order chi connectivity index (χ1) is 13.2. The van der Waals surface area contributed by atoms with Crippen LogP contribution < -0.4 is 21.3 Å². The number of amides is 1. The van der Waals surface area contributed by atoms with Crippen molar-refractivity contribution >= 4 is 23.2 Å². The summed E-state index contributed by atoms with van der Waals surface area (Å²) in [5, 5.41) is 5.99. The molecule has 4 rings (SSSR count). The molecule has 1 aromatic carbocycles. The number of aromatic amines is 1. The second-order valence-corrected chi connectivity index (χ2v) is 6.87. The van der Waals surface area contributed by atoms with Gasteiger partial charge in [0, 0.05) is 30.9 Å². The maximum absolute atomic E-state index is 12.7. The largest absolute Gasteiger partial charge is 0.408 e. The normalized spacial score (nSPS) is 22.5. The summed E-state index contributed by atoms with van der Waals surface area (Å²) >= 11 is 0. The van der Waals surface area contributed by atoms with Crippen LogP contribution in [0.3, 0.4) is 0 Å². The summed E-state index contributed by atoms with van der Waals surface area (Å²) < 4.78 is 38.0. The first-order valence-corrected chi connectivity index (χ1v) is 8.72. The number of aliphatic imine (C=N–C) groups is 1. The van der Waals surface area contributed by atoms with Crippen LogP contribution in [0.1, 0.15) is 23.6 Å². The van der Waals surface area contributed by atoms with E-state index < -0.39 is 18.5 Å². The first-order valence-electron chi connectivity index (χ1n) is 8.72. The van der Waals surface area contributed by atoms with Gasteiger partial charge >= 0.3 is 6.18 Å². The van der Waals surface area contributed by atoms with Gasteiger partial charge in [0.15, 0.2) is 5.79 Å². The van der Waals surface area contributed by atoms with Crippen LogP contribution in [0.2, 0.25) is 0 Å². The second-order valence-electron chi connectivity index (χ2n) is 6.87. The van der Waals surface area contributed by atoms with Crippen molar-refractivity contribution in [1.82, 2.24) is 10.3 Å². The number of aromatic nitrogens is 1. The van der Waals surface area contributed by atoms with Crippen LogP contribution in [0.4, 0.5) is 24.7 Å². The van der Waals surface area contributed by atoms with Crippen LogP contribution in [0.15, 0.2) is 35.5 Å². The highest BCUT2D eigenvalue weighted by molar-refractivity contribution is 6.05. The fourth-order valence-corrected chi connectivity index (χ4v) is 3.56. The molecule has 0 spiro atoms. The van der Waals surface area contributed by atoms with Crippen LogP contribution in [0.5, 0.6) is 0 Å². The number of fused-ring (bicyclic) bond motifs is 2. The number of anilines is 2. The van der Waals surface area contributed by atoms with Gasteiger partial charge in [-0.15, -0.1) is 0 Å². The number of nitrogens with zero attached hydrogens (tertiary/aromatic N) is 2. The van der Waals surface area contributed by atoms with E-state index in [1.807, 2.05) is 6.07 Å². The number of benzene rings is 1. The Morgan fingerprint density at radius 1 is 1.32 bits per heavy atom. The Hall–Kier alpha value is -3.01. The molecule has 0 aliphatic carbocycles. The SMILES string of the molecule is CC(=O)N1CCc2cc(C3(N)NC(=NCC(F)(F)F)c4cc[nH]c4N3)ccc21. The third-order valence-electron chi connectivity index (χ3n) is 4.87. The molecule has 2 aliphatic rings. The van der Waals surface area contributed by atoms with Crippen molar-refractivity contribution in [2.45, 2.75) is 25.3 Å². The molecule has 7 nitrogen and oxygen atoms in total. The molecule has 148 valence electrons. The van der Waals surface area contributed by atoms with Crippen LogP contribution in [-0.4, -0.2) is 36.0 Å². The van der Waals surface area contributed by atoms with Gasteiger partial charge in [-0.3, -0.25) is 15.5 Å². The lowest BCUT2D eigenvalue weighted by Crippen LogP contribution is -2.61. The van der Waals surface area contributed by atoms with Crippen LogP contribution in [0, 0.1) is 0 Å². The summed E-state index contributed by atoms with van der Waals surface area (Å²) in [7, 11) is 0. The predicted octanol–water partition coefficient (Wildman–Crippen LogP) is 2.02. The molecular formula is C18H19F3N6O. The molecule has 1 atom stereocenters. The van der Waals surface area contributed by atoms with E-state index in [1.165, 1.54) is 6.92 Å². The molecule has 0 bridgehead atoms. The zero-order valence-corrected chi connectivity index (χ0v) is 15.0. The summed E-state index contributed by atoms with van der Waals surface area (Å²) in [6, 6.07) is 7.02. The molecule has 0 saturated carbocycles. The molecule has 0 radical (unpaired) electrons. The maximum atomic E-state index is 12.7. The first kappa shape index (κ1) is 18.4. The van der Waals surface area contributed by atoms with Crippen molar-refractivity contribution in [3.8, 4) is 0 Å². The number of hydrogen-bond donors (Lipinski definition) is 4. The number of hydrogen-bond acceptors (Lipinski definition) is 4. The molecule has 2 aromatic rings. The van der Waals surface area contributed by atoms with Gasteiger partial charge < -0.3 is 20.5 Å². The third kappa shape index (κ3) is 3.19. The predicted molar refractivity (Wildman–Crippen MR) is 99.0 cm³/mol. The maximum Gasteiger partial charge on any atom is 0.408 e. The van der Waals surface area contributed by atoms with Gasteiger partial charge in [-0.05, 0) is 30.2 Å². The number of amidine groups is 1. The lowest BCUT2D eigenvalue weighted by Gasteiger charge is -2.38. The average Bonchev–Trinajstić information content (AvgIpc) is 3.24. The van der Waals surface area contributed by atoms with Crippen LogP contribution >= 0.6 is 0 Å². The molecule has 1 aromatic heterocycles. The van der Waals surface area contributed by atoms with Crippen molar-refractivity contribution in [3.63, 3.8) is 0 Å². The van der Waals surface area contributed by atoms with Gasteiger partial charge in [0.1, 0.15) is 18.2 Å². The number of nitrogens with one attached hydrogen (secondary N) is 3. The van der Waals surface area contributed by atoms with Gasteiger partial charge in [-0.25, -0.2) is 0 Å². The fourth-order valence-electron chi connectivity index (χ4n) is 3.56. The van der Waals surface area contributed by atoms with Crippen molar-refractivity contribution in [1.29, 1.82) is 0 Å². The van der Waals surface area contributed by atoms with Gasteiger partial charge in [-0.1, -0.05) is 6.07 Å². The molecule has 1 unspecified atom stereocenters. The quantitative estimate of drug-likeness (QED) is 0.629. The van der Waals surface area contributed by atoms with E-state index in [9.17, 15) is 18.0 Å². The Labute approximate surface area is 158 Å². The highest BCUT2D eigenvalue weighted by atomic mass is 19.4. The lowest BCUT2D eigenvalue weighted by atomic mass is 10.0. The minimum atomic E-state index is -4.42. The molecule has 28 heavy (non-hydrogen) atoms. The molecule has 0 saturated heterocycles. The van der Waals surface area contributed by atoms with Crippen molar-refractivity contribution < 1.29 is 18.0 Å². The number of alkyl halides is 3. The Balaban J connectivity index is 1.70. The van der Waals surface area contributed by atoms with Crippen molar-refractivity contribution in [2.24, 2.45) is 10.7 Å². The minimum Gasteiger partial charge on any atom is -0.348 e. The average molecular weight is 392 g/mol. The molecular weight excluding hydrogens is 373 g/mol. The standard InChI is InChI=1S/C18H19F3N6O/c1-10(28)27-7-5-11-8-12(2-3-14(11)27)18(22)25-15-13(4-6-23-15)16(26-18)24-9-17(19,20)21/h2-4,6,8,23,25H,5,7,9,22H2,1H3,(H,24,26). The molecule has 1 amide bonds. The monoisotopic (exact) mass is 392 g/mol. The number of carbonyl (C=O) groups is 1. The van der Waals surface area contributed by atoms with E-state index in [0.717, 1.165) is 11.3 Å². The second kappa shape index (κ2) is 6.26. The Morgan fingerprint density at radius 3 is 2.82 bits per heavy atom.